The fraction of sp³-hybridized carbons (Fsp3) is 0. The van der Waals surface area contributed by atoms with Gasteiger partial charge in [-0.05, 0) is 0 Å². The molecule has 5 heteroatoms. The monoisotopic (exact) mass is 164 g/mol. The van der Waals surface area contributed by atoms with Crippen molar-refractivity contribution in [2.45, 2.75) is 0 Å². The molecule has 9 heavy (non-hydrogen) atoms. The van der Waals surface area contributed by atoms with Gasteiger partial charge in [-0.1, -0.05) is 0 Å². The zero-order chi connectivity index (χ0) is 6.57. The molecule has 0 atom stereocenters. The van der Waals surface area contributed by atoms with Crippen molar-refractivity contribution in [2.24, 2.45) is 0 Å². The second kappa shape index (κ2) is 5.53. The third-order valence-electron chi connectivity index (χ3n) is 0.368. The minimum absolute atomic E-state index is 0. The third-order valence-corrected chi connectivity index (χ3v) is 0.368. The van der Waals surface area contributed by atoms with E-state index in [-0.39, 0.29) is 21.7 Å². The summed E-state index contributed by atoms with van der Waals surface area (Å²) in [4.78, 5) is 19.1. The van der Waals surface area contributed by atoms with Crippen LogP contribution in [-0.4, -0.2) is 22.2 Å². The first-order valence-corrected chi connectivity index (χ1v) is 1.77. The minimum Gasteiger partial charge on any atom is -0.478 e. The summed E-state index contributed by atoms with van der Waals surface area (Å²) in [7, 11) is 0. The van der Waals surface area contributed by atoms with E-state index < -0.39 is 11.9 Å². The van der Waals surface area contributed by atoms with Gasteiger partial charge in [-0.15, -0.1) is 0 Å². The molecule has 4 nitrogen and oxygen atoms in total. The second-order valence-electron chi connectivity index (χ2n) is 1.01. The Morgan fingerprint density at radius 3 is 1.33 bits per heavy atom. The van der Waals surface area contributed by atoms with Gasteiger partial charge in [-0.2, -0.15) is 0 Å². The van der Waals surface area contributed by atoms with Crippen molar-refractivity contribution in [1.29, 1.82) is 0 Å². The van der Waals surface area contributed by atoms with Crippen molar-refractivity contribution in [2.75, 3.05) is 0 Å². The maximum Gasteiger partial charge on any atom is 0.328 e. The Morgan fingerprint density at radius 1 is 1.00 bits per heavy atom. The quantitative estimate of drug-likeness (QED) is 0.434. The first-order valence-electron chi connectivity index (χ1n) is 1.77. The van der Waals surface area contributed by atoms with Gasteiger partial charge in [-0.3, -0.25) is 0 Å². The van der Waals surface area contributed by atoms with Crippen LogP contribution in [0.15, 0.2) is 12.2 Å². The van der Waals surface area contributed by atoms with Crippen LogP contribution in [0.1, 0.15) is 0 Å². The second-order valence-corrected chi connectivity index (χ2v) is 1.01. The van der Waals surface area contributed by atoms with Crippen molar-refractivity contribution < 1.29 is 41.5 Å². The van der Waals surface area contributed by atoms with Crippen LogP contribution in [0.3, 0.4) is 0 Å². The molecule has 48 valence electrons. The Bertz CT molecular complexity index is 124. The molecule has 0 radical (unpaired) electrons. The van der Waals surface area contributed by atoms with Crippen LogP contribution in [0.2, 0.25) is 0 Å². The number of carboxylic acid groups (broad SMARTS) is 2. The molecule has 0 aromatic carbocycles. The molecule has 2 N–H and O–H groups in total. The van der Waals surface area contributed by atoms with Gasteiger partial charge in [0.25, 0.3) is 0 Å². The van der Waals surface area contributed by atoms with Gasteiger partial charge >= 0.3 is 11.9 Å². The molecule has 0 spiro atoms. The average Bonchev–Trinajstić information content (AvgIpc) is 1.61. The summed E-state index contributed by atoms with van der Waals surface area (Å²) in [6.45, 7) is 0. The van der Waals surface area contributed by atoms with Gasteiger partial charge in [0, 0.05) is 33.9 Å². The molecule has 0 rings (SSSR count). The molecular formula is C4H4O4Ti. The van der Waals surface area contributed by atoms with Crippen LogP contribution in [0, 0.1) is 0 Å². The fourth-order valence-electron chi connectivity index (χ4n) is 0.143. The Morgan fingerprint density at radius 2 is 1.22 bits per heavy atom. The summed E-state index contributed by atoms with van der Waals surface area (Å²) in [5.74, 6) is -2.51. The molecule has 0 bridgehead atoms. The molecule has 0 unspecified atom stereocenters. The van der Waals surface area contributed by atoms with Gasteiger partial charge in [-0.25, -0.2) is 9.59 Å². The standard InChI is InChI=1S/C4H4O4.Ti/c5-3(6)1-2-4(7)8;/h1-2H,(H,5,6)(H,7,8);/b2-1-;. The normalized spacial score (nSPS) is 8.44. The molecule has 0 aromatic rings. The smallest absolute Gasteiger partial charge is 0.328 e. The Hall–Kier alpha value is -0.606. The van der Waals surface area contributed by atoms with Crippen molar-refractivity contribution in [3.05, 3.63) is 12.2 Å². The summed E-state index contributed by atoms with van der Waals surface area (Å²) < 4.78 is 0. The third kappa shape index (κ3) is 11.1. The molecule has 0 aromatic heterocycles. The molecule has 0 aliphatic carbocycles. The van der Waals surface area contributed by atoms with E-state index in [1.54, 1.807) is 0 Å². The minimum atomic E-state index is -1.26. The fourth-order valence-corrected chi connectivity index (χ4v) is 0.143. The van der Waals surface area contributed by atoms with Crippen LogP contribution in [0.5, 0.6) is 0 Å². The number of hydrogen-bond acceptors (Lipinski definition) is 2. The van der Waals surface area contributed by atoms with Gasteiger partial charge < -0.3 is 10.2 Å². The molecule has 0 saturated heterocycles. The summed E-state index contributed by atoms with van der Waals surface area (Å²) in [5.41, 5.74) is 0. The van der Waals surface area contributed by atoms with Crippen molar-refractivity contribution in [1.82, 2.24) is 0 Å². The summed E-state index contributed by atoms with van der Waals surface area (Å²) in [6.07, 6.45) is 1.12. The zero-order valence-corrected chi connectivity index (χ0v) is 5.93. The largest absolute Gasteiger partial charge is 0.478 e. The van der Waals surface area contributed by atoms with Crippen molar-refractivity contribution >= 4 is 11.9 Å². The zero-order valence-electron chi connectivity index (χ0n) is 4.37. The van der Waals surface area contributed by atoms with Crippen LogP contribution in [-0.2, 0) is 31.3 Å². The van der Waals surface area contributed by atoms with Gasteiger partial charge in [0.1, 0.15) is 0 Å². The Labute approximate surface area is 66.1 Å². The molecule has 0 aliphatic heterocycles. The molecule has 0 saturated carbocycles. The van der Waals surface area contributed by atoms with Crippen LogP contribution in [0.4, 0.5) is 0 Å². The Kier molecular flexibility index (Phi) is 6.90. The first kappa shape index (κ1) is 11.2. The number of rotatable bonds is 2. The van der Waals surface area contributed by atoms with E-state index in [9.17, 15) is 9.59 Å². The van der Waals surface area contributed by atoms with Gasteiger partial charge in [0.05, 0.1) is 0 Å². The van der Waals surface area contributed by atoms with E-state index in [0.29, 0.717) is 12.2 Å². The number of carboxylic acids is 2. The molecule has 0 heterocycles. The van der Waals surface area contributed by atoms with Crippen LogP contribution < -0.4 is 0 Å². The number of aliphatic carboxylic acids is 2. The number of hydrogen-bond donors (Lipinski definition) is 2. The summed E-state index contributed by atoms with van der Waals surface area (Å²) in [6, 6.07) is 0. The number of carbonyl (C=O) groups is 2. The molecule has 0 fully saturated rings. The van der Waals surface area contributed by atoms with Crippen molar-refractivity contribution in [3.8, 4) is 0 Å². The van der Waals surface area contributed by atoms with E-state index in [4.69, 9.17) is 10.2 Å². The van der Waals surface area contributed by atoms with Crippen LogP contribution in [0.25, 0.3) is 0 Å². The van der Waals surface area contributed by atoms with E-state index >= 15 is 0 Å². The molecule has 0 aliphatic rings. The van der Waals surface area contributed by atoms with E-state index in [2.05, 4.69) is 0 Å². The van der Waals surface area contributed by atoms with E-state index in [1.807, 2.05) is 0 Å². The van der Waals surface area contributed by atoms with E-state index in [1.165, 1.54) is 0 Å². The Balaban J connectivity index is 0. The van der Waals surface area contributed by atoms with Crippen molar-refractivity contribution in [3.63, 3.8) is 0 Å². The average molecular weight is 164 g/mol. The van der Waals surface area contributed by atoms with E-state index in [0.717, 1.165) is 0 Å². The maximum atomic E-state index is 9.55. The first-order chi connectivity index (χ1) is 3.63. The summed E-state index contributed by atoms with van der Waals surface area (Å²) >= 11 is 0. The molecule has 0 amide bonds. The predicted molar refractivity (Wildman–Crippen MR) is 24.4 cm³/mol. The SMILES string of the molecule is O=C(O)/C=C\C(=O)O.[Ti]. The predicted octanol–water partition coefficient (Wildman–Crippen LogP) is -0.291. The maximum absolute atomic E-state index is 9.55. The van der Waals surface area contributed by atoms with Gasteiger partial charge in [0.15, 0.2) is 0 Å². The van der Waals surface area contributed by atoms with Crippen LogP contribution >= 0.6 is 0 Å². The topological polar surface area (TPSA) is 74.6 Å². The summed E-state index contributed by atoms with van der Waals surface area (Å²) in [5, 5.41) is 15.6. The molecular weight excluding hydrogens is 160 g/mol. The van der Waals surface area contributed by atoms with Gasteiger partial charge in [0.2, 0.25) is 0 Å².